The van der Waals surface area contributed by atoms with E-state index in [1.165, 1.54) is 6.20 Å². The molecule has 0 radical (unpaired) electrons. The highest BCUT2D eigenvalue weighted by Gasteiger charge is 2.45. The topological polar surface area (TPSA) is 100 Å². The Labute approximate surface area is 122 Å². The van der Waals surface area contributed by atoms with Gasteiger partial charge in [-0.1, -0.05) is 12.1 Å². The molecule has 2 aliphatic rings. The third-order valence-electron chi connectivity index (χ3n) is 4.63. The van der Waals surface area contributed by atoms with Gasteiger partial charge in [0.05, 0.1) is 17.7 Å². The van der Waals surface area contributed by atoms with Crippen molar-refractivity contribution in [2.45, 2.75) is 25.8 Å². The summed E-state index contributed by atoms with van der Waals surface area (Å²) < 4.78 is 1.54. The summed E-state index contributed by atoms with van der Waals surface area (Å²) in [5, 5.41) is 19.5. The third kappa shape index (κ3) is 2.29. The van der Waals surface area contributed by atoms with E-state index in [2.05, 4.69) is 22.6 Å². The highest BCUT2D eigenvalue weighted by molar-refractivity contribution is 5.85. The number of aromatic nitrogens is 3. The van der Waals surface area contributed by atoms with E-state index in [-0.39, 0.29) is 23.1 Å². The quantitative estimate of drug-likeness (QED) is 0.794. The van der Waals surface area contributed by atoms with Gasteiger partial charge in [-0.2, -0.15) is 0 Å². The number of nitrogens with one attached hydrogen (secondary N) is 1. The Hall–Kier alpha value is -1.96. The zero-order valence-electron chi connectivity index (χ0n) is 11.9. The number of hydrogen-bond acceptors (Lipinski definition) is 5. The zero-order valence-corrected chi connectivity index (χ0v) is 11.9. The molecule has 114 valence electrons. The Balaban J connectivity index is 1.62. The van der Waals surface area contributed by atoms with Crippen molar-refractivity contribution < 1.29 is 14.7 Å². The van der Waals surface area contributed by atoms with Crippen molar-refractivity contribution in [3.05, 3.63) is 11.9 Å². The number of aromatic carboxylic acids is 1. The van der Waals surface area contributed by atoms with Crippen molar-refractivity contribution in [1.29, 1.82) is 0 Å². The lowest BCUT2D eigenvalue weighted by atomic mass is 9.81. The molecule has 8 nitrogen and oxygen atoms in total. The standard InChI is InChI=1S/C13H19N5O3/c1-2-13(3-4-14-8-13)12(21)17-5-9(6-17)18-7-10(11(19)20)15-16-18/h7,9,14H,2-6,8H2,1H3,(H,19,20). The molecule has 3 rings (SSSR count). The first-order chi connectivity index (χ1) is 10.1. The molecule has 1 aromatic rings. The van der Waals surface area contributed by atoms with Crippen molar-refractivity contribution in [3.8, 4) is 0 Å². The number of hydrogen-bond donors (Lipinski definition) is 2. The molecule has 0 aromatic carbocycles. The maximum absolute atomic E-state index is 12.6. The van der Waals surface area contributed by atoms with E-state index in [9.17, 15) is 9.59 Å². The molecule has 2 N–H and O–H groups in total. The lowest BCUT2D eigenvalue weighted by Gasteiger charge is -2.43. The average Bonchev–Trinajstić information content (AvgIpc) is 3.06. The maximum atomic E-state index is 12.6. The number of nitrogens with zero attached hydrogens (tertiary/aromatic N) is 4. The number of carboxylic acid groups (broad SMARTS) is 1. The first-order valence-electron chi connectivity index (χ1n) is 7.21. The van der Waals surface area contributed by atoms with Crippen LogP contribution in [0.4, 0.5) is 0 Å². The highest BCUT2D eigenvalue weighted by Crippen LogP contribution is 2.35. The van der Waals surface area contributed by atoms with Crippen LogP contribution in [0.25, 0.3) is 0 Å². The predicted octanol–water partition coefficient (Wildman–Crippen LogP) is -0.251. The van der Waals surface area contributed by atoms with E-state index < -0.39 is 5.97 Å². The summed E-state index contributed by atoms with van der Waals surface area (Å²) in [6, 6.07) is 0.0258. The molecule has 0 aliphatic carbocycles. The summed E-state index contributed by atoms with van der Waals surface area (Å²) in [7, 11) is 0. The summed E-state index contributed by atoms with van der Waals surface area (Å²) >= 11 is 0. The molecule has 1 atom stereocenters. The Morgan fingerprint density at radius 2 is 2.29 bits per heavy atom. The van der Waals surface area contributed by atoms with Gasteiger partial charge in [-0.15, -0.1) is 5.10 Å². The van der Waals surface area contributed by atoms with E-state index in [0.717, 1.165) is 25.9 Å². The fourth-order valence-corrected chi connectivity index (χ4v) is 3.06. The lowest BCUT2D eigenvalue weighted by Crippen LogP contribution is -2.56. The second kappa shape index (κ2) is 5.10. The van der Waals surface area contributed by atoms with Crippen LogP contribution in [0, 0.1) is 5.41 Å². The molecule has 0 saturated carbocycles. The summed E-state index contributed by atoms with van der Waals surface area (Å²) in [5.74, 6) is -0.889. The molecule has 8 heteroatoms. The van der Waals surface area contributed by atoms with Crippen molar-refractivity contribution in [2.24, 2.45) is 5.41 Å². The highest BCUT2D eigenvalue weighted by atomic mass is 16.4. The van der Waals surface area contributed by atoms with Crippen LogP contribution in [-0.4, -0.2) is 63.1 Å². The second-order valence-electron chi connectivity index (χ2n) is 5.81. The molecule has 1 amide bonds. The number of carboxylic acids is 1. The van der Waals surface area contributed by atoms with Gasteiger partial charge in [-0.3, -0.25) is 4.79 Å². The molecule has 21 heavy (non-hydrogen) atoms. The van der Waals surface area contributed by atoms with Gasteiger partial charge in [0.15, 0.2) is 5.69 Å². The Morgan fingerprint density at radius 1 is 1.52 bits per heavy atom. The van der Waals surface area contributed by atoms with Crippen LogP contribution in [-0.2, 0) is 4.79 Å². The first-order valence-corrected chi connectivity index (χ1v) is 7.21. The molecule has 2 aliphatic heterocycles. The summed E-state index contributed by atoms with van der Waals surface area (Å²) in [6.45, 7) is 4.84. The number of carbonyl (C=O) groups excluding carboxylic acids is 1. The monoisotopic (exact) mass is 293 g/mol. The van der Waals surface area contributed by atoms with Crippen molar-refractivity contribution in [3.63, 3.8) is 0 Å². The van der Waals surface area contributed by atoms with Crippen LogP contribution in [0.5, 0.6) is 0 Å². The normalized spacial score (nSPS) is 25.9. The molecular formula is C13H19N5O3. The number of rotatable bonds is 4. The van der Waals surface area contributed by atoms with Gasteiger partial charge >= 0.3 is 5.97 Å². The minimum absolute atomic E-state index is 0.0258. The minimum atomic E-state index is -1.09. The van der Waals surface area contributed by atoms with Gasteiger partial charge in [-0.25, -0.2) is 9.48 Å². The molecule has 0 spiro atoms. The van der Waals surface area contributed by atoms with Crippen LogP contribution >= 0.6 is 0 Å². The van der Waals surface area contributed by atoms with Crippen LogP contribution in [0.2, 0.25) is 0 Å². The SMILES string of the molecule is CCC1(C(=O)N2CC(n3cc(C(=O)O)nn3)C2)CCNC1. The van der Waals surface area contributed by atoms with Gasteiger partial charge in [0.1, 0.15) is 0 Å². The van der Waals surface area contributed by atoms with Crippen molar-refractivity contribution in [1.82, 2.24) is 25.2 Å². The minimum Gasteiger partial charge on any atom is -0.476 e. The molecule has 0 bridgehead atoms. The Kier molecular flexibility index (Phi) is 3.40. The first kappa shape index (κ1) is 14.0. The summed E-state index contributed by atoms with van der Waals surface area (Å²) in [6.07, 6.45) is 3.14. The third-order valence-corrected chi connectivity index (χ3v) is 4.63. The maximum Gasteiger partial charge on any atom is 0.358 e. The zero-order chi connectivity index (χ0) is 15.0. The van der Waals surface area contributed by atoms with Gasteiger partial charge in [0, 0.05) is 19.6 Å². The van der Waals surface area contributed by atoms with Gasteiger partial charge < -0.3 is 15.3 Å². The van der Waals surface area contributed by atoms with E-state index in [1.54, 1.807) is 4.68 Å². The molecule has 3 heterocycles. The summed E-state index contributed by atoms with van der Waals surface area (Å²) in [4.78, 5) is 25.2. The number of amides is 1. The van der Waals surface area contributed by atoms with Gasteiger partial charge in [0.2, 0.25) is 5.91 Å². The largest absolute Gasteiger partial charge is 0.476 e. The van der Waals surface area contributed by atoms with Gasteiger partial charge in [-0.05, 0) is 19.4 Å². The average molecular weight is 293 g/mol. The van der Waals surface area contributed by atoms with E-state index >= 15 is 0 Å². The molecule has 2 fully saturated rings. The Morgan fingerprint density at radius 3 is 2.81 bits per heavy atom. The smallest absolute Gasteiger partial charge is 0.358 e. The lowest BCUT2D eigenvalue weighted by molar-refractivity contribution is -0.147. The van der Waals surface area contributed by atoms with E-state index in [0.29, 0.717) is 13.1 Å². The summed E-state index contributed by atoms with van der Waals surface area (Å²) in [5.41, 5.74) is -0.329. The van der Waals surface area contributed by atoms with Gasteiger partial charge in [0.25, 0.3) is 0 Å². The van der Waals surface area contributed by atoms with Crippen LogP contribution < -0.4 is 5.32 Å². The number of likely N-dealkylation sites (tertiary alicyclic amines) is 1. The fourth-order valence-electron chi connectivity index (χ4n) is 3.06. The molecular weight excluding hydrogens is 274 g/mol. The predicted molar refractivity (Wildman–Crippen MR) is 72.8 cm³/mol. The van der Waals surface area contributed by atoms with Crippen LogP contribution in [0.3, 0.4) is 0 Å². The van der Waals surface area contributed by atoms with E-state index in [1.807, 2.05) is 4.90 Å². The van der Waals surface area contributed by atoms with Crippen molar-refractivity contribution >= 4 is 11.9 Å². The number of carbonyl (C=O) groups is 2. The van der Waals surface area contributed by atoms with Crippen LogP contribution in [0.15, 0.2) is 6.20 Å². The second-order valence-corrected chi connectivity index (χ2v) is 5.81. The fraction of sp³-hybridized carbons (Fsp3) is 0.692. The Bertz CT molecular complexity index is 558. The van der Waals surface area contributed by atoms with Crippen molar-refractivity contribution in [2.75, 3.05) is 26.2 Å². The molecule has 1 aromatic heterocycles. The van der Waals surface area contributed by atoms with Crippen LogP contribution in [0.1, 0.15) is 36.3 Å². The van der Waals surface area contributed by atoms with E-state index in [4.69, 9.17) is 5.11 Å². The molecule has 1 unspecified atom stereocenters. The molecule has 2 saturated heterocycles.